The Bertz CT molecular complexity index is 1190. The van der Waals surface area contributed by atoms with E-state index in [4.69, 9.17) is 0 Å². The number of nitrogens with one attached hydrogen (secondary N) is 1. The largest absolute Gasteiger partial charge is 0.423 e. The molecule has 2 aliphatic rings. The van der Waals surface area contributed by atoms with Crippen LogP contribution in [-0.2, 0) is 17.1 Å². The van der Waals surface area contributed by atoms with Gasteiger partial charge >= 0.3 is 12.4 Å². The van der Waals surface area contributed by atoms with E-state index in [0.29, 0.717) is 63.5 Å². The number of carbonyl (C=O) groups is 1. The lowest BCUT2D eigenvalue weighted by Crippen LogP contribution is -2.48. The molecule has 218 valence electrons. The maximum atomic E-state index is 13.2. The predicted octanol–water partition coefficient (Wildman–Crippen LogP) is 6.73. The minimum absolute atomic E-state index is 0.0397. The molecule has 0 spiro atoms. The molecular formula is C27H30F6N4O3. The van der Waals surface area contributed by atoms with E-state index in [1.165, 1.54) is 18.2 Å². The normalized spacial score (nSPS) is 20.4. The van der Waals surface area contributed by atoms with Gasteiger partial charge < -0.3 is 15.1 Å². The molecule has 4 rings (SSSR count). The van der Waals surface area contributed by atoms with Crippen LogP contribution in [0, 0.1) is 16.0 Å². The van der Waals surface area contributed by atoms with Crippen molar-refractivity contribution in [3.63, 3.8) is 0 Å². The maximum Gasteiger partial charge on any atom is 0.423 e. The first-order valence-electron chi connectivity index (χ1n) is 13.1. The maximum absolute atomic E-state index is 13.2. The number of hydrogen-bond acceptors (Lipinski definition) is 5. The van der Waals surface area contributed by atoms with Crippen LogP contribution >= 0.6 is 0 Å². The monoisotopic (exact) mass is 572 g/mol. The number of hydrogen-bond donors (Lipinski definition) is 1. The number of benzene rings is 2. The van der Waals surface area contributed by atoms with Gasteiger partial charge in [0, 0.05) is 56.1 Å². The SMILES string of the molecule is O=C(CCC1CCC(Nc2ccc([N+](=O)[O-])c(C(F)(F)F)c2)CC1)N1CCN(c2ccc(C(F)(F)F)cc2)CC1. The molecule has 0 radical (unpaired) electrons. The number of piperazine rings is 1. The Hall–Kier alpha value is -3.51. The average molecular weight is 573 g/mol. The van der Waals surface area contributed by atoms with Crippen molar-refractivity contribution in [1.82, 2.24) is 4.90 Å². The van der Waals surface area contributed by atoms with Gasteiger partial charge in [-0.15, -0.1) is 0 Å². The van der Waals surface area contributed by atoms with Gasteiger partial charge in [-0.25, -0.2) is 0 Å². The average Bonchev–Trinajstić information content (AvgIpc) is 2.91. The summed E-state index contributed by atoms with van der Waals surface area (Å²) in [5.74, 6) is 0.357. The lowest BCUT2D eigenvalue weighted by Gasteiger charge is -2.36. The second-order valence-electron chi connectivity index (χ2n) is 10.3. The van der Waals surface area contributed by atoms with E-state index in [0.717, 1.165) is 37.1 Å². The van der Waals surface area contributed by atoms with Gasteiger partial charge in [0.15, 0.2) is 0 Å². The third-order valence-electron chi connectivity index (χ3n) is 7.67. The van der Waals surface area contributed by atoms with Crippen molar-refractivity contribution in [2.45, 2.75) is 56.9 Å². The fourth-order valence-electron chi connectivity index (χ4n) is 5.40. The lowest BCUT2D eigenvalue weighted by atomic mass is 9.83. The molecule has 1 heterocycles. The summed E-state index contributed by atoms with van der Waals surface area (Å²) >= 11 is 0. The smallest absolute Gasteiger partial charge is 0.382 e. The van der Waals surface area contributed by atoms with Crippen molar-refractivity contribution in [2.75, 3.05) is 36.4 Å². The van der Waals surface area contributed by atoms with E-state index in [2.05, 4.69) is 5.32 Å². The van der Waals surface area contributed by atoms with E-state index in [1.807, 2.05) is 4.90 Å². The number of anilines is 2. The van der Waals surface area contributed by atoms with Crippen LogP contribution in [0.5, 0.6) is 0 Å². The molecule has 0 bridgehead atoms. The summed E-state index contributed by atoms with van der Waals surface area (Å²) in [7, 11) is 0. The Morgan fingerprint density at radius 1 is 0.900 bits per heavy atom. The molecule has 13 heteroatoms. The number of amides is 1. The lowest BCUT2D eigenvalue weighted by molar-refractivity contribution is -0.388. The number of halogens is 6. The summed E-state index contributed by atoms with van der Waals surface area (Å²) in [4.78, 5) is 26.4. The summed E-state index contributed by atoms with van der Waals surface area (Å²) in [5.41, 5.74) is -2.08. The zero-order valence-corrected chi connectivity index (χ0v) is 21.6. The first-order chi connectivity index (χ1) is 18.8. The Morgan fingerprint density at radius 3 is 2.08 bits per heavy atom. The number of nitro groups is 1. The van der Waals surface area contributed by atoms with Crippen molar-refractivity contribution < 1.29 is 36.1 Å². The van der Waals surface area contributed by atoms with Gasteiger partial charge in [-0.05, 0) is 74.4 Å². The summed E-state index contributed by atoms with van der Waals surface area (Å²) in [6, 6.07) is 7.88. The summed E-state index contributed by atoms with van der Waals surface area (Å²) in [5, 5.41) is 14.0. The van der Waals surface area contributed by atoms with Crippen LogP contribution in [0.3, 0.4) is 0 Å². The van der Waals surface area contributed by atoms with Crippen LogP contribution in [-0.4, -0.2) is 48.0 Å². The molecule has 2 fully saturated rings. The quantitative estimate of drug-likeness (QED) is 0.226. The van der Waals surface area contributed by atoms with Crippen LogP contribution in [0.25, 0.3) is 0 Å². The highest BCUT2D eigenvalue weighted by molar-refractivity contribution is 5.76. The fourth-order valence-corrected chi connectivity index (χ4v) is 5.40. The number of carbonyl (C=O) groups excluding carboxylic acids is 1. The van der Waals surface area contributed by atoms with Crippen molar-refractivity contribution in [3.05, 3.63) is 63.7 Å². The molecule has 1 aliphatic carbocycles. The van der Waals surface area contributed by atoms with Crippen molar-refractivity contribution in [1.29, 1.82) is 0 Å². The molecule has 2 aromatic carbocycles. The van der Waals surface area contributed by atoms with Gasteiger partial charge in [0.1, 0.15) is 5.56 Å². The standard InChI is InChI=1S/C27H30F6N4O3/c28-26(29,30)19-4-9-22(10-5-19)35-13-15-36(16-14-35)25(38)12-3-18-1-6-20(7-2-18)34-21-8-11-24(37(39)40)23(17-21)27(31,32)33/h4-5,8-11,17-18,20,34H,1-3,6-7,12-16H2. The Labute approximate surface area is 227 Å². The molecule has 1 N–H and O–H groups in total. The summed E-state index contributed by atoms with van der Waals surface area (Å²) in [6.07, 6.45) is -5.07. The van der Waals surface area contributed by atoms with E-state index in [-0.39, 0.29) is 17.6 Å². The second-order valence-corrected chi connectivity index (χ2v) is 10.3. The molecule has 1 saturated carbocycles. The first kappa shape index (κ1) is 29.5. The van der Waals surface area contributed by atoms with Gasteiger partial charge in [0.05, 0.1) is 10.5 Å². The molecule has 1 saturated heterocycles. The predicted molar refractivity (Wildman–Crippen MR) is 137 cm³/mol. The molecule has 0 atom stereocenters. The summed E-state index contributed by atoms with van der Waals surface area (Å²) < 4.78 is 78.1. The molecule has 0 aromatic heterocycles. The molecule has 1 amide bonds. The van der Waals surface area contributed by atoms with E-state index < -0.39 is 34.1 Å². The van der Waals surface area contributed by atoms with E-state index >= 15 is 0 Å². The first-order valence-corrected chi connectivity index (χ1v) is 13.1. The fraction of sp³-hybridized carbons (Fsp3) is 0.519. The van der Waals surface area contributed by atoms with E-state index in [9.17, 15) is 41.3 Å². The highest BCUT2D eigenvalue weighted by Gasteiger charge is 2.38. The number of rotatable bonds is 7. The molecular weight excluding hydrogens is 542 g/mol. The van der Waals surface area contributed by atoms with Gasteiger partial charge in [0.25, 0.3) is 5.69 Å². The van der Waals surface area contributed by atoms with Crippen LogP contribution in [0.15, 0.2) is 42.5 Å². The Balaban J connectivity index is 1.19. The molecule has 0 unspecified atom stereocenters. The van der Waals surface area contributed by atoms with Gasteiger partial charge in [0.2, 0.25) is 5.91 Å². The molecule has 2 aromatic rings. The van der Waals surface area contributed by atoms with Crippen molar-refractivity contribution in [3.8, 4) is 0 Å². The highest BCUT2D eigenvalue weighted by Crippen LogP contribution is 2.38. The summed E-state index contributed by atoms with van der Waals surface area (Å²) in [6.45, 7) is 2.05. The van der Waals surface area contributed by atoms with Crippen molar-refractivity contribution in [2.24, 2.45) is 5.92 Å². The third kappa shape index (κ3) is 7.36. The van der Waals surface area contributed by atoms with Gasteiger partial charge in [-0.3, -0.25) is 14.9 Å². The van der Waals surface area contributed by atoms with Crippen molar-refractivity contribution >= 4 is 23.0 Å². The number of nitro benzene ring substituents is 1. The van der Waals surface area contributed by atoms with Crippen LogP contribution in [0.1, 0.15) is 49.7 Å². The topological polar surface area (TPSA) is 78.7 Å². The Kier molecular flexibility index (Phi) is 8.79. The number of alkyl halides is 6. The zero-order chi connectivity index (χ0) is 29.1. The second kappa shape index (κ2) is 11.9. The third-order valence-corrected chi connectivity index (χ3v) is 7.67. The van der Waals surface area contributed by atoms with Crippen LogP contribution in [0.2, 0.25) is 0 Å². The minimum Gasteiger partial charge on any atom is -0.382 e. The van der Waals surface area contributed by atoms with Gasteiger partial charge in [-0.2, -0.15) is 26.3 Å². The molecule has 40 heavy (non-hydrogen) atoms. The highest BCUT2D eigenvalue weighted by atomic mass is 19.4. The minimum atomic E-state index is -4.83. The molecule has 1 aliphatic heterocycles. The van der Waals surface area contributed by atoms with E-state index in [1.54, 1.807) is 4.90 Å². The van der Waals surface area contributed by atoms with Crippen LogP contribution in [0.4, 0.5) is 43.4 Å². The zero-order valence-electron chi connectivity index (χ0n) is 21.6. The van der Waals surface area contributed by atoms with Crippen LogP contribution < -0.4 is 10.2 Å². The number of nitrogens with zero attached hydrogens (tertiary/aromatic N) is 3. The van der Waals surface area contributed by atoms with Gasteiger partial charge in [-0.1, -0.05) is 0 Å². The Morgan fingerprint density at radius 2 is 1.52 bits per heavy atom. The molecule has 7 nitrogen and oxygen atoms in total.